The predicted octanol–water partition coefficient (Wildman–Crippen LogP) is 1.47. The molecule has 0 amide bonds. The fourth-order valence-electron chi connectivity index (χ4n) is 1.85. The summed E-state index contributed by atoms with van der Waals surface area (Å²) in [4.78, 5) is 11.0. The van der Waals surface area contributed by atoms with Crippen LogP contribution in [-0.2, 0) is 9.53 Å². The molecule has 0 aromatic rings. The van der Waals surface area contributed by atoms with Gasteiger partial charge < -0.3 is 15.2 Å². The average molecular weight is 243 g/mol. The highest BCUT2D eigenvalue weighted by Gasteiger charge is 2.41. The molecule has 0 aliphatic heterocycles. The lowest BCUT2D eigenvalue weighted by atomic mass is 10.1. The van der Waals surface area contributed by atoms with Crippen molar-refractivity contribution in [1.82, 2.24) is 5.32 Å². The second-order valence-electron chi connectivity index (χ2n) is 4.95. The van der Waals surface area contributed by atoms with Crippen molar-refractivity contribution >= 4 is 5.97 Å². The normalized spacial score (nSPS) is 16.8. The highest BCUT2D eigenvalue weighted by atomic mass is 16.5. The topological polar surface area (TPSA) is 58.6 Å². The number of carbonyl (C=O) groups is 1. The minimum Gasteiger partial charge on any atom is -0.466 e. The van der Waals surface area contributed by atoms with Crippen LogP contribution >= 0.6 is 0 Å². The molecule has 1 saturated carbocycles. The van der Waals surface area contributed by atoms with E-state index in [1.54, 1.807) is 0 Å². The Morgan fingerprint density at radius 2 is 2.12 bits per heavy atom. The molecule has 1 rings (SSSR count). The first-order chi connectivity index (χ1) is 8.22. The molecule has 0 unspecified atom stereocenters. The number of aliphatic hydroxyl groups excluding tert-OH is 1. The summed E-state index contributed by atoms with van der Waals surface area (Å²) in [6.07, 6.45) is 5.89. The van der Waals surface area contributed by atoms with Crippen molar-refractivity contribution in [2.75, 3.05) is 26.3 Å². The van der Waals surface area contributed by atoms with E-state index in [0.29, 0.717) is 19.6 Å². The van der Waals surface area contributed by atoms with Crippen molar-refractivity contribution in [3.8, 4) is 0 Å². The van der Waals surface area contributed by atoms with E-state index in [1.165, 1.54) is 0 Å². The first-order valence-corrected chi connectivity index (χ1v) is 6.70. The molecule has 4 heteroatoms. The number of rotatable bonds is 10. The van der Waals surface area contributed by atoms with Gasteiger partial charge in [-0.2, -0.15) is 0 Å². The number of hydrogen-bond acceptors (Lipinski definition) is 4. The van der Waals surface area contributed by atoms with Gasteiger partial charge in [-0.1, -0.05) is 6.42 Å². The number of unbranched alkanes of at least 4 members (excludes halogenated alkanes) is 2. The number of esters is 1. The SMILES string of the molecule is CCOC(=O)CCCCCNCC1(CO)CC1. The Morgan fingerprint density at radius 3 is 2.71 bits per heavy atom. The molecule has 0 heterocycles. The molecule has 0 aromatic carbocycles. The van der Waals surface area contributed by atoms with Crippen molar-refractivity contribution in [1.29, 1.82) is 0 Å². The third-order valence-corrected chi connectivity index (χ3v) is 3.33. The van der Waals surface area contributed by atoms with Crippen LogP contribution in [0.25, 0.3) is 0 Å². The average Bonchev–Trinajstić information content (AvgIpc) is 3.09. The largest absolute Gasteiger partial charge is 0.466 e. The van der Waals surface area contributed by atoms with E-state index in [4.69, 9.17) is 9.84 Å². The highest BCUT2D eigenvalue weighted by molar-refractivity contribution is 5.69. The maximum atomic E-state index is 11.0. The van der Waals surface area contributed by atoms with Crippen LogP contribution in [0.15, 0.2) is 0 Å². The smallest absolute Gasteiger partial charge is 0.305 e. The predicted molar refractivity (Wildman–Crippen MR) is 66.7 cm³/mol. The fourth-order valence-corrected chi connectivity index (χ4v) is 1.85. The molecule has 4 nitrogen and oxygen atoms in total. The van der Waals surface area contributed by atoms with E-state index < -0.39 is 0 Å². The van der Waals surface area contributed by atoms with Gasteiger partial charge in [0.2, 0.25) is 0 Å². The minimum atomic E-state index is -0.0855. The molecular formula is C13H25NO3. The molecular weight excluding hydrogens is 218 g/mol. The first-order valence-electron chi connectivity index (χ1n) is 6.70. The van der Waals surface area contributed by atoms with Crippen LogP contribution in [0.3, 0.4) is 0 Å². The van der Waals surface area contributed by atoms with Crippen molar-refractivity contribution < 1.29 is 14.6 Å². The van der Waals surface area contributed by atoms with Gasteiger partial charge in [0.1, 0.15) is 0 Å². The summed E-state index contributed by atoms with van der Waals surface area (Å²) in [7, 11) is 0. The number of aliphatic hydroxyl groups is 1. The van der Waals surface area contributed by atoms with Gasteiger partial charge in [0, 0.05) is 25.0 Å². The molecule has 0 aromatic heterocycles. The van der Waals surface area contributed by atoms with Crippen LogP contribution in [0.5, 0.6) is 0 Å². The van der Waals surface area contributed by atoms with Gasteiger partial charge >= 0.3 is 5.97 Å². The number of nitrogens with one attached hydrogen (secondary N) is 1. The standard InChI is InChI=1S/C13H25NO3/c1-2-17-12(16)6-4-3-5-9-14-10-13(11-15)7-8-13/h14-15H,2-11H2,1H3. The lowest BCUT2D eigenvalue weighted by Gasteiger charge is -2.12. The van der Waals surface area contributed by atoms with Gasteiger partial charge in [-0.3, -0.25) is 4.79 Å². The van der Waals surface area contributed by atoms with Gasteiger partial charge in [0.15, 0.2) is 0 Å². The number of carbonyl (C=O) groups excluding carboxylic acids is 1. The molecule has 100 valence electrons. The zero-order valence-electron chi connectivity index (χ0n) is 10.8. The number of hydrogen-bond donors (Lipinski definition) is 2. The van der Waals surface area contributed by atoms with E-state index in [-0.39, 0.29) is 11.4 Å². The van der Waals surface area contributed by atoms with Gasteiger partial charge in [0.25, 0.3) is 0 Å². The summed E-state index contributed by atoms with van der Waals surface area (Å²) in [5.74, 6) is -0.0855. The van der Waals surface area contributed by atoms with E-state index in [2.05, 4.69) is 5.32 Å². The Balaban J connectivity index is 1.83. The number of ether oxygens (including phenoxy) is 1. The maximum absolute atomic E-state index is 11.0. The molecule has 2 N–H and O–H groups in total. The molecule has 17 heavy (non-hydrogen) atoms. The summed E-state index contributed by atoms with van der Waals surface area (Å²) in [6.45, 7) is 4.52. The van der Waals surface area contributed by atoms with Crippen LogP contribution in [0, 0.1) is 5.41 Å². The minimum absolute atomic E-state index is 0.0855. The summed E-state index contributed by atoms with van der Waals surface area (Å²) in [6, 6.07) is 0. The third kappa shape index (κ3) is 6.03. The van der Waals surface area contributed by atoms with Crippen LogP contribution in [0.4, 0.5) is 0 Å². The van der Waals surface area contributed by atoms with Gasteiger partial charge in [-0.25, -0.2) is 0 Å². The third-order valence-electron chi connectivity index (χ3n) is 3.33. The second kappa shape index (κ2) is 7.67. The van der Waals surface area contributed by atoms with Crippen molar-refractivity contribution in [3.63, 3.8) is 0 Å². The molecule has 0 spiro atoms. The fraction of sp³-hybridized carbons (Fsp3) is 0.923. The molecule has 1 aliphatic rings. The Kier molecular flexibility index (Phi) is 6.52. The summed E-state index contributed by atoms with van der Waals surface area (Å²) in [5, 5.41) is 12.5. The summed E-state index contributed by atoms with van der Waals surface area (Å²) < 4.78 is 4.85. The van der Waals surface area contributed by atoms with Crippen LogP contribution in [-0.4, -0.2) is 37.4 Å². The molecule has 1 aliphatic carbocycles. The van der Waals surface area contributed by atoms with E-state index in [0.717, 1.165) is 45.2 Å². The lowest BCUT2D eigenvalue weighted by Crippen LogP contribution is -2.27. The Morgan fingerprint density at radius 1 is 1.35 bits per heavy atom. The van der Waals surface area contributed by atoms with Gasteiger partial charge in [0.05, 0.1) is 6.61 Å². The van der Waals surface area contributed by atoms with Crippen molar-refractivity contribution in [2.45, 2.75) is 45.4 Å². The van der Waals surface area contributed by atoms with Crippen molar-refractivity contribution in [2.24, 2.45) is 5.41 Å². The van der Waals surface area contributed by atoms with Crippen LogP contribution < -0.4 is 5.32 Å². The monoisotopic (exact) mass is 243 g/mol. The summed E-state index contributed by atoms with van der Waals surface area (Å²) >= 11 is 0. The molecule has 0 saturated heterocycles. The maximum Gasteiger partial charge on any atom is 0.305 e. The van der Waals surface area contributed by atoms with Gasteiger partial charge in [-0.05, 0) is 39.2 Å². The highest BCUT2D eigenvalue weighted by Crippen LogP contribution is 2.44. The quantitative estimate of drug-likeness (QED) is 0.450. The Bertz CT molecular complexity index is 227. The van der Waals surface area contributed by atoms with Gasteiger partial charge in [-0.15, -0.1) is 0 Å². The lowest BCUT2D eigenvalue weighted by molar-refractivity contribution is -0.143. The van der Waals surface area contributed by atoms with E-state index >= 15 is 0 Å². The zero-order valence-corrected chi connectivity index (χ0v) is 10.8. The van der Waals surface area contributed by atoms with Crippen LogP contribution in [0.2, 0.25) is 0 Å². The molecule has 1 fully saturated rings. The molecule has 0 bridgehead atoms. The van der Waals surface area contributed by atoms with E-state index in [1.807, 2.05) is 6.92 Å². The zero-order chi connectivity index (χ0) is 12.6. The van der Waals surface area contributed by atoms with Crippen molar-refractivity contribution in [3.05, 3.63) is 0 Å². The molecule has 0 radical (unpaired) electrons. The second-order valence-corrected chi connectivity index (χ2v) is 4.95. The summed E-state index contributed by atoms with van der Waals surface area (Å²) in [5.41, 5.74) is 0.199. The van der Waals surface area contributed by atoms with Crippen LogP contribution in [0.1, 0.15) is 45.4 Å². The Labute approximate surface area is 104 Å². The molecule has 0 atom stereocenters. The first kappa shape index (κ1) is 14.5. The van der Waals surface area contributed by atoms with E-state index in [9.17, 15) is 4.79 Å². The Hall–Kier alpha value is -0.610.